The Morgan fingerprint density at radius 3 is 1.72 bits per heavy atom. The first-order valence-corrected chi connectivity index (χ1v) is 12.8. The molecule has 0 N–H and O–H groups in total. The van der Waals surface area contributed by atoms with Gasteiger partial charge in [0, 0.05) is 17.6 Å². The minimum atomic E-state index is -1.58. The van der Waals surface area contributed by atoms with Gasteiger partial charge in [-0.3, -0.25) is 0 Å². The fourth-order valence-corrected chi connectivity index (χ4v) is 4.40. The predicted molar refractivity (Wildman–Crippen MR) is 149 cm³/mol. The summed E-state index contributed by atoms with van der Waals surface area (Å²) in [5.74, 6) is -1.22. The molecule has 0 aliphatic heterocycles. The van der Waals surface area contributed by atoms with Gasteiger partial charge in [0.25, 0.3) is 6.10 Å². The number of hydrogen-bond acceptors (Lipinski definition) is 5. The summed E-state index contributed by atoms with van der Waals surface area (Å²) in [6.07, 6.45) is -1.58. The van der Waals surface area contributed by atoms with Crippen LogP contribution in [0.4, 0.5) is 0 Å². The van der Waals surface area contributed by atoms with Gasteiger partial charge in [0.1, 0.15) is 19.0 Å². The van der Waals surface area contributed by atoms with Crippen LogP contribution in [0.3, 0.4) is 0 Å². The van der Waals surface area contributed by atoms with Crippen molar-refractivity contribution in [1.82, 2.24) is 4.57 Å². The Morgan fingerprint density at radius 1 is 0.667 bits per heavy atom. The third kappa shape index (κ3) is 6.36. The number of aryl methyl sites for hydroxylation is 1. The molecule has 6 heteroatoms. The molecule has 0 fully saturated rings. The number of carbonyl (C=O) groups excluding carboxylic acids is 2. The summed E-state index contributed by atoms with van der Waals surface area (Å²) < 4.78 is 19.2. The van der Waals surface area contributed by atoms with E-state index in [1.165, 1.54) is 0 Å². The molecule has 0 spiro atoms. The van der Waals surface area contributed by atoms with E-state index < -0.39 is 18.0 Å². The Hall–Kier alpha value is -4.84. The molecular formula is C33H29NO5. The Labute approximate surface area is 227 Å². The van der Waals surface area contributed by atoms with E-state index in [9.17, 15) is 9.59 Å². The smallest absolute Gasteiger partial charge is 0.359 e. The number of carbonyl (C=O) groups is 2. The first-order chi connectivity index (χ1) is 19.1. The highest BCUT2D eigenvalue weighted by Crippen LogP contribution is 2.30. The molecule has 0 radical (unpaired) electrons. The number of nitrogens with zero attached hydrogens (tertiary/aromatic N) is 1. The molecule has 0 amide bonds. The molecule has 39 heavy (non-hydrogen) atoms. The van der Waals surface area contributed by atoms with Crippen molar-refractivity contribution in [3.63, 3.8) is 0 Å². The van der Waals surface area contributed by atoms with Crippen LogP contribution in [0, 0.1) is 6.92 Å². The second kappa shape index (κ2) is 12.1. The molecule has 5 rings (SSSR count). The van der Waals surface area contributed by atoms with Gasteiger partial charge in [-0.2, -0.15) is 0 Å². The maximum absolute atomic E-state index is 13.2. The van der Waals surface area contributed by atoms with E-state index in [0.717, 1.165) is 33.3 Å². The van der Waals surface area contributed by atoms with E-state index in [0.29, 0.717) is 12.3 Å². The van der Waals surface area contributed by atoms with Crippen LogP contribution in [-0.4, -0.2) is 22.6 Å². The van der Waals surface area contributed by atoms with Crippen molar-refractivity contribution >= 4 is 22.8 Å². The van der Waals surface area contributed by atoms with Gasteiger partial charge >= 0.3 is 11.9 Å². The summed E-state index contributed by atoms with van der Waals surface area (Å²) in [7, 11) is 0. The van der Waals surface area contributed by atoms with Crippen LogP contribution in [0.25, 0.3) is 10.9 Å². The highest BCUT2D eigenvalue weighted by atomic mass is 16.6. The molecule has 6 nitrogen and oxygen atoms in total. The van der Waals surface area contributed by atoms with Gasteiger partial charge in [-0.25, -0.2) is 9.59 Å². The SMILES string of the molecule is Cc1cc2c(OC(C(=O)OCc3ccccc3)C(=O)OCc3ccccc3)cccc2n1Cc1ccccc1. The van der Waals surface area contributed by atoms with E-state index in [1.807, 2.05) is 104 Å². The third-order valence-corrected chi connectivity index (χ3v) is 6.42. The van der Waals surface area contributed by atoms with Gasteiger partial charge in [0.05, 0.1) is 5.52 Å². The number of esters is 2. The fourth-order valence-electron chi connectivity index (χ4n) is 4.40. The maximum Gasteiger partial charge on any atom is 0.359 e. The highest BCUT2D eigenvalue weighted by Gasteiger charge is 2.33. The standard InChI is InChI=1S/C33H29NO5/c1-24-20-28-29(34(24)21-25-12-5-2-6-13-25)18-11-19-30(28)39-31(32(35)37-22-26-14-7-3-8-15-26)33(36)38-23-27-16-9-4-10-17-27/h2-20,31H,21-23H2,1H3. The third-order valence-electron chi connectivity index (χ3n) is 6.42. The number of hydrogen-bond donors (Lipinski definition) is 0. The number of ether oxygens (including phenoxy) is 3. The first kappa shape index (κ1) is 25.8. The van der Waals surface area contributed by atoms with Crippen molar-refractivity contribution in [3.8, 4) is 5.75 Å². The highest BCUT2D eigenvalue weighted by molar-refractivity contribution is 5.99. The topological polar surface area (TPSA) is 66.8 Å². The van der Waals surface area contributed by atoms with Crippen molar-refractivity contribution in [1.29, 1.82) is 0 Å². The van der Waals surface area contributed by atoms with Gasteiger partial charge in [0.15, 0.2) is 0 Å². The van der Waals surface area contributed by atoms with Crippen LogP contribution in [-0.2, 0) is 38.8 Å². The number of aromatic nitrogens is 1. The monoisotopic (exact) mass is 519 g/mol. The largest absolute Gasteiger partial charge is 0.466 e. The predicted octanol–water partition coefficient (Wildman–Crippen LogP) is 6.23. The summed E-state index contributed by atoms with van der Waals surface area (Å²) in [6, 6.07) is 36.3. The zero-order valence-corrected chi connectivity index (χ0v) is 21.7. The van der Waals surface area contributed by atoms with Crippen molar-refractivity contribution in [3.05, 3.63) is 138 Å². The molecular weight excluding hydrogens is 490 g/mol. The molecule has 4 aromatic carbocycles. The quantitative estimate of drug-likeness (QED) is 0.162. The van der Waals surface area contributed by atoms with Gasteiger partial charge < -0.3 is 18.8 Å². The van der Waals surface area contributed by atoms with Crippen molar-refractivity contribution < 1.29 is 23.8 Å². The van der Waals surface area contributed by atoms with Gasteiger partial charge in [-0.1, -0.05) is 97.1 Å². The molecule has 1 heterocycles. The molecule has 0 bridgehead atoms. The van der Waals surface area contributed by atoms with Gasteiger partial charge in [0.2, 0.25) is 0 Å². The van der Waals surface area contributed by atoms with E-state index in [1.54, 1.807) is 6.07 Å². The number of benzene rings is 4. The lowest BCUT2D eigenvalue weighted by Crippen LogP contribution is -2.38. The Kier molecular flexibility index (Phi) is 8.03. The lowest BCUT2D eigenvalue weighted by atomic mass is 10.2. The minimum Gasteiger partial charge on any atom is -0.466 e. The molecule has 1 aromatic heterocycles. The van der Waals surface area contributed by atoms with Crippen LogP contribution in [0.1, 0.15) is 22.4 Å². The van der Waals surface area contributed by atoms with Gasteiger partial charge in [-0.05, 0) is 41.8 Å². The molecule has 0 aliphatic rings. The summed E-state index contributed by atoms with van der Waals surface area (Å²) in [6.45, 7) is 2.73. The van der Waals surface area contributed by atoms with Crippen LogP contribution >= 0.6 is 0 Å². The fraction of sp³-hybridized carbons (Fsp3) is 0.152. The summed E-state index contributed by atoms with van der Waals surface area (Å²) in [5, 5.41) is 0.794. The normalized spacial score (nSPS) is 10.9. The van der Waals surface area contributed by atoms with E-state index in [2.05, 4.69) is 16.7 Å². The zero-order valence-electron chi connectivity index (χ0n) is 21.7. The van der Waals surface area contributed by atoms with E-state index in [4.69, 9.17) is 14.2 Å². The average Bonchev–Trinajstić information content (AvgIpc) is 3.30. The van der Waals surface area contributed by atoms with Crippen molar-refractivity contribution in [2.24, 2.45) is 0 Å². The summed E-state index contributed by atoms with van der Waals surface area (Å²) in [4.78, 5) is 26.3. The lowest BCUT2D eigenvalue weighted by Gasteiger charge is -2.18. The minimum absolute atomic E-state index is 0.0161. The second-order valence-electron chi connectivity index (χ2n) is 9.23. The first-order valence-electron chi connectivity index (χ1n) is 12.8. The second-order valence-corrected chi connectivity index (χ2v) is 9.23. The van der Waals surface area contributed by atoms with Crippen LogP contribution < -0.4 is 4.74 Å². The van der Waals surface area contributed by atoms with Gasteiger partial charge in [-0.15, -0.1) is 0 Å². The number of fused-ring (bicyclic) bond motifs is 1. The lowest BCUT2D eigenvalue weighted by molar-refractivity contribution is -0.168. The molecule has 5 aromatic rings. The Morgan fingerprint density at radius 2 is 1.18 bits per heavy atom. The van der Waals surface area contributed by atoms with Crippen molar-refractivity contribution in [2.45, 2.75) is 32.8 Å². The maximum atomic E-state index is 13.2. The zero-order chi connectivity index (χ0) is 27.0. The molecule has 0 unspecified atom stereocenters. The Balaban J connectivity index is 1.40. The molecule has 0 aliphatic carbocycles. The molecule has 0 atom stereocenters. The van der Waals surface area contributed by atoms with Crippen LogP contribution in [0.15, 0.2) is 115 Å². The van der Waals surface area contributed by atoms with Crippen LogP contribution in [0.2, 0.25) is 0 Å². The van der Waals surface area contributed by atoms with E-state index in [-0.39, 0.29) is 13.2 Å². The summed E-state index contributed by atoms with van der Waals surface area (Å²) in [5.41, 5.74) is 4.73. The molecule has 196 valence electrons. The van der Waals surface area contributed by atoms with Crippen LogP contribution in [0.5, 0.6) is 5.75 Å². The van der Waals surface area contributed by atoms with Crippen molar-refractivity contribution in [2.75, 3.05) is 0 Å². The number of rotatable bonds is 10. The van der Waals surface area contributed by atoms with E-state index >= 15 is 0 Å². The summed E-state index contributed by atoms with van der Waals surface area (Å²) >= 11 is 0. The molecule has 0 saturated heterocycles. The Bertz CT molecular complexity index is 1490. The average molecular weight is 520 g/mol. The molecule has 0 saturated carbocycles.